The molecule has 0 aliphatic rings. The number of rotatable bonds is 25. The van der Waals surface area contributed by atoms with Crippen LogP contribution in [0.1, 0.15) is 161 Å². The molecule has 1 heterocycles. The van der Waals surface area contributed by atoms with Crippen molar-refractivity contribution in [2.45, 2.75) is 156 Å². The highest BCUT2D eigenvalue weighted by molar-refractivity contribution is 5.99. The molecular formula is C37H57NO5. The number of ketones is 1. The molecule has 0 saturated carbocycles. The maximum absolute atomic E-state index is 13.4. The van der Waals surface area contributed by atoms with E-state index in [4.69, 9.17) is 5.11 Å². The Bertz CT molecular complexity index is 1120. The molecule has 0 atom stereocenters. The first-order chi connectivity index (χ1) is 20.7. The third-order valence-electron chi connectivity index (χ3n) is 8.75. The lowest BCUT2D eigenvalue weighted by Crippen LogP contribution is -2.09. The van der Waals surface area contributed by atoms with Crippen molar-refractivity contribution >= 4 is 17.7 Å². The molecule has 2 rings (SSSR count). The van der Waals surface area contributed by atoms with E-state index in [1.54, 1.807) is 0 Å². The molecule has 0 amide bonds. The van der Waals surface area contributed by atoms with Crippen molar-refractivity contribution in [1.29, 1.82) is 0 Å². The molecule has 0 bridgehead atoms. The molecule has 0 aliphatic carbocycles. The fraction of sp³-hybridized carbons (Fsp3) is 0.649. The summed E-state index contributed by atoms with van der Waals surface area (Å²) in [5.41, 5.74) is 5.48. The number of nitrogens with zero attached hydrogens (tertiary/aromatic N) is 1. The molecule has 240 valence electrons. The van der Waals surface area contributed by atoms with Gasteiger partial charge in [0.1, 0.15) is 0 Å². The molecule has 1 aromatic heterocycles. The Labute approximate surface area is 260 Å². The van der Waals surface area contributed by atoms with Crippen LogP contribution in [0.5, 0.6) is 0 Å². The minimum Gasteiger partial charge on any atom is -0.481 e. The molecule has 43 heavy (non-hydrogen) atoms. The molecule has 0 unspecified atom stereocenters. The van der Waals surface area contributed by atoms with Crippen LogP contribution in [0.15, 0.2) is 24.3 Å². The fourth-order valence-corrected chi connectivity index (χ4v) is 6.16. The average Bonchev–Trinajstić information content (AvgIpc) is 3.21. The van der Waals surface area contributed by atoms with Crippen LogP contribution in [0.3, 0.4) is 0 Å². The number of unbranched alkanes of at least 4 members (excludes halogenated alkanes) is 14. The van der Waals surface area contributed by atoms with E-state index >= 15 is 0 Å². The van der Waals surface area contributed by atoms with Crippen molar-refractivity contribution in [2.75, 3.05) is 0 Å². The second-order valence-corrected chi connectivity index (χ2v) is 12.3. The van der Waals surface area contributed by atoms with Gasteiger partial charge in [0.15, 0.2) is 5.78 Å². The van der Waals surface area contributed by atoms with E-state index in [1.165, 1.54) is 83.5 Å². The number of aliphatic carboxylic acids is 2. The number of hydrogen-bond acceptors (Lipinski definition) is 3. The predicted molar refractivity (Wildman–Crippen MR) is 175 cm³/mol. The summed E-state index contributed by atoms with van der Waals surface area (Å²) in [5.74, 6) is -1.51. The van der Waals surface area contributed by atoms with Crippen LogP contribution in [-0.2, 0) is 29.0 Å². The zero-order valence-electron chi connectivity index (χ0n) is 27.2. The van der Waals surface area contributed by atoms with E-state index in [-0.39, 0.29) is 18.6 Å². The molecule has 1 aromatic carbocycles. The van der Waals surface area contributed by atoms with Crippen molar-refractivity contribution in [1.82, 2.24) is 4.57 Å². The summed E-state index contributed by atoms with van der Waals surface area (Å²) in [4.78, 5) is 35.6. The third-order valence-corrected chi connectivity index (χ3v) is 8.75. The molecule has 0 saturated heterocycles. The van der Waals surface area contributed by atoms with E-state index in [9.17, 15) is 19.5 Å². The molecule has 0 spiro atoms. The lowest BCUT2D eigenvalue weighted by atomic mass is 9.99. The standard InChI is InChI=1S/C37H57NO5/c1-4-5-6-7-8-9-10-11-12-13-14-15-16-17-18-19-34(39)37-29(2)33(25-27-36(42)43)38(30(37)3)28-32-22-20-31(21-23-32)24-26-35(40)41/h20-23H,4-19,24-28H2,1-3H3,(H,40,41)(H,42,43). The van der Waals surface area contributed by atoms with Crippen LogP contribution in [-0.4, -0.2) is 32.5 Å². The number of carboxylic acids is 2. The summed E-state index contributed by atoms with van der Waals surface area (Å²) >= 11 is 0. The van der Waals surface area contributed by atoms with Gasteiger partial charge in [-0.25, -0.2) is 0 Å². The first-order valence-corrected chi connectivity index (χ1v) is 17.0. The van der Waals surface area contributed by atoms with Gasteiger partial charge < -0.3 is 14.8 Å². The third kappa shape index (κ3) is 14.0. The monoisotopic (exact) mass is 595 g/mol. The second kappa shape index (κ2) is 20.9. The van der Waals surface area contributed by atoms with E-state index in [2.05, 4.69) is 11.5 Å². The molecular weight excluding hydrogens is 538 g/mol. The summed E-state index contributed by atoms with van der Waals surface area (Å²) in [6.07, 6.45) is 20.9. The van der Waals surface area contributed by atoms with Crippen molar-refractivity contribution in [3.05, 3.63) is 57.9 Å². The maximum Gasteiger partial charge on any atom is 0.303 e. The summed E-state index contributed by atoms with van der Waals surface area (Å²) in [6, 6.07) is 7.88. The van der Waals surface area contributed by atoms with E-state index in [0.717, 1.165) is 46.5 Å². The smallest absolute Gasteiger partial charge is 0.303 e. The van der Waals surface area contributed by atoms with Crippen molar-refractivity contribution in [3.63, 3.8) is 0 Å². The SMILES string of the molecule is CCCCCCCCCCCCCCCCCC(=O)c1c(C)c(CCC(=O)O)n(Cc2ccc(CCC(=O)O)cc2)c1C. The van der Waals surface area contributed by atoms with Gasteiger partial charge in [-0.1, -0.05) is 121 Å². The van der Waals surface area contributed by atoms with Crippen LogP contribution < -0.4 is 0 Å². The number of benzene rings is 1. The van der Waals surface area contributed by atoms with Gasteiger partial charge in [-0.05, 0) is 49.8 Å². The molecule has 6 nitrogen and oxygen atoms in total. The number of carboxylic acid groups (broad SMARTS) is 2. The molecule has 0 radical (unpaired) electrons. The largest absolute Gasteiger partial charge is 0.481 e. The number of hydrogen-bond donors (Lipinski definition) is 2. The van der Waals surface area contributed by atoms with Gasteiger partial charge in [0, 0.05) is 36.3 Å². The lowest BCUT2D eigenvalue weighted by Gasteiger charge is -2.13. The van der Waals surface area contributed by atoms with Gasteiger partial charge in [0.25, 0.3) is 0 Å². The number of aromatic nitrogens is 1. The minimum absolute atomic E-state index is 0.0189. The normalized spacial score (nSPS) is 11.2. The Hall–Kier alpha value is -2.89. The van der Waals surface area contributed by atoms with E-state index in [1.807, 2.05) is 38.1 Å². The zero-order valence-corrected chi connectivity index (χ0v) is 27.2. The molecule has 0 fully saturated rings. The summed E-state index contributed by atoms with van der Waals surface area (Å²) in [5, 5.41) is 18.3. The van der Waals surface area contributed by atoms with Crippen molar-refractivity contribution in [2.24, 2.45) is 0 Å². The highest BCUT2D eigenvalue weighted by atomic mass is 16.4. The van der Waals surface area contributed by atoms with E-state index in [0.29, 0.717) is 25.8 Å². The average molecular weight is 596 g/mol. The van der Waals surface area contributed by atoms with Gasteiger partial charge in [-0.2, -0.15) is 0 Å². The van der Waals surface area contributed by atoms with Gasteiger partial charge in [-0.3, -0.25) is 14.4 Å². The Balaban J connectivity index is 1.82. The molecule has 2 aromatic rings. The van der Waals surface area contributed by atoms with Gasteiger partial charge in [0.05, 0.1) is 6.42 Å². The van der Waals surface area contributed by atoms with Gasteiger partial charge in [0.2, 0.25) is 0 Å². The maximum atomic E-state index is 13.4. The highest BCUT2D eigenvalue weighted by Gasteiger charge is 2.22. The van der Waals surface area contributed by atoms with Crippen LogP contribution >= 0.6 is 0 Å². The fourth-order valence-electron chi connectivity index (χ4n) is 6.16. The van der Waals surface area contributed by atoms with Crippen LogP contribution in [0.4, 0.5) is 0 Å². The summed E-state index contributed by atoms with van der Waals surface area (Å²) < 4.78 is 2.10. The first kappa shape index (κ1) is 36.3. The van der Waals surface area contributed by atoms with Crippen LogP contribution in [0, 0.1) is 13.8 Å². The molecule has 0 aliphatic heterocycles. The molecule has 6 heteroatoms. The number of Topliss-reactive ketones (excluding diaryl/α,β-unsaturated/α-hetero) is 1. The molecule has 2 N–H and O–H groups in total. The second-order valence-electron chi connectivity index (χ2n) is 12.3. The topological polar surface area (TPSA) is 96.6 Å². The zero-order chi connectivity index (χ0) is 31.5. The number of aryl methyl sites for hydroxylation is 1. The highest BCUT2D eigenvalue weighted by Crippen LogP contribution is 2.27. The van der Waals surface area contributed by atoms with Crippen LogP contribution in [0.2, 0.25) is 0 Å². The van der Waals surface area contributed by atoms with Gasteiger partial charge >= 0.3 is 11.9 Å². The van der Waals surface area contributed by atoms with Gasteiger partial charge in [-0.15, -0.1) is 0 Å². The number of carbonyl (C=O) groups excluding carboxylic acids is 1. The first-order valence-electron chi connectivity index (χ1n) is 17.0. The Morgan fingerprint density at radius 1 is 0.605 bits per heavy atom. The van der Waals surface area contributed by atoms with Crippen LogP contribution in [0.25, 0.3) is 0 Å². The minimum atomic E-state index is -0.849. The lowest BCUT2D eigenvalue weighted by molar-refractivity contribution is -0.138. The Morgan fingerprint density at radius 3 is 1.53 bits per heavy atom. The van der Waals surface area contributed by atoms with E-state index < -0.39 is 11.9 Å². The summed E-state index contributed by atoms with van der Waals surface area (Å²) in [6.45, 7) is 6.74. The Kier molecular flexibility index (Phi) is 17.7. The summed E-state index contributed by atoms with van der Waals surface area (Å²) in [7, 11) is 0. The Morgan fingerprint density at radius 2 is 1.05 bits per heavy atom. The van der Waals surface area contributed by atoms with Crippen molar-refractivity contribution < 1.29 is 24.6 Å². The quantitative estimate of drug-likeness (QED) is 0.0880. The van der Waals surface area contributed by atoms with Crippen molar-refractivity contribution in [3.8, 4) is 0 Å². The number of carbonyl (C=O) groups is 3. The predicted octanol–water partition coefficient (Wildman–Crippen LogP) is 9.63.